The van der Waals surface area contributed by atoms with Crippen molar-refractivity contribution >= 4 is 17.3 Å². The van der Waals surface area contributed by atoms with Crippen molar-refractivity contribution in [3.8, 4) is 5.75 Å². The number of rotatable bonds is 9. The second-order valence-corrected chi connectivity index (χ2v) is 8.02. The van der Waals surface area contributed by atoms with Gasteiger partial charge in [-0.15, -0.1) is 21.5 Å². The average molecular weight is 449 g/mol. The smallest absolute Gasteiger partial charge is 0.387 e. The summed E-state index contributed by atoms with van der Waals surface area (Å²) in [6.45, 7) is 2.19. The molecule has 3 rings (SSSR count). The van der Waals surface area contributed by atoms with E-state index in [0.717, 1.165) is 23.6 Å². The number of thiophene rings is 1. The fraction of sp³-hybridized carbons (Fsp3) is 0.381. The van der Waals surface area contributed by atoms with Crippen LogP contribution in [0.3, 0.4) is 0 Å². The summed E-state index contributed by atoms with van der Waals surface area (Å²) in [6, 6.07) is 9.19. The fourth-order valence-corrected chi connectivity index (χ4v) is 3.62. The van der Waals surface area contributed by atoms with Crippen molar-refractivity contribution in [1.82, 2.24) is 25.4 Å². The molecule has 166 valence electrons. The number of hydrogen-bond donors (Lipinski definition) is 2. The molecule has 7 nitrogen and oxygen atoms in total. The molecule has 0 saturated carbocycles. The minimum atomic E-state index is -2.88. The first-order valence-corrected chi connectivity index (χ1v) is 10.7. The van der Waals surface area contributed by atoms with Crippen LogP contribution >= 0.6 is 11.3 Å². The van der Waals surface area contributed by atoms with Crippen LogP contribution in [0.1, 0.15) is 27.7 Å². The predicted molar refractivity (Wildman–Crippen MR) is 118 cm³/mol. The number of aryl methyl sites for hydroxylation is 2. The van der Waals surface area contributed by atoms with Crippen molar-refractivity contribution < 1.29 is 13.5 Å². The molecule has 0 fully saturated rings. The molecule has 3 aromatic rings. The molecule has 0 radical (unpaired) electrons. The summed E-state index contributed by atoms with van der Waals surface area (Å²) in [7, 11) is 1.90. The quantitative estimate of drug-likeness (QED) is 0.387. The first kappa shape index (κ1) is 22.7. The third-order valence-electron chi connectivity index (χ3n) is 4.68. The Bertz CT molecular complexity index is 1000. The number of aliphatic imine (C=N–C) groups is 1. The van der Waals surface area contributed by atoms with Gasteiger partial charge in [0.05, 0.1) is 13.1 Å². The van der Waals surface area contributed by atoms with Crippen molar-refractivity contribution in [2.24, 2.45) is 12.0 Å². The van der Waals surface area contributed by atoms with Gasteiger partial charge in [-0.05, 0) is 37.8 Å². The third kappa shape index (κ3) is 6.74. The molecule has 0 spiro atoms. The van der Waals surface area contributed by atoms with Crippen LogP contribution < -0.4 is 15.4 Å². The molecule has 2 heterocycles. The standard InChI is InChI=1S/C21H26F2N6OS/c1-14-6-7-18(30-20(22)23)16(11-14)12-25-21(24-9-8-17-5-4-10-31-17)26-13-19-28-27-15(2)29(19)3/h4-7,10-11,20H,8-9,12-13H2,1-3H3,(H2,24,25,26). The van der Waals surface area contributed by atoms with Crippen molar-refractivity contribution in [2.75, 3.05) is 6.54 Å². The zero-order chi connectivity index (χ0) is 22.2. The summed E-state index contributed by atoms with van der Waals surface area (Å²) in [5, 5.41) is 16.8. The first-order valence-electron chi connectivity index (χ1n) is 9.86. The summed E-state index contributed by atoms with van der Waals surface area (Å²) >= 11 is 1.70. The normalized spacial score (nSPS) is 11.7. The van der Waals surface area contributed by atoms with Gasteiger partial charge >= 0.3 is 6.61 Å². The molecule has 0 aliphatic carbocycles. The summed E-state index contributed by atoms with van der Waals surface area (Å²) in [5.74, 6) is 2.27. The second kappa shape index (κ2) is 10.9. The Morgan fingerprint density at radius 2 is 2.06 bits per heavy atom. The largest absolute Gasteiger partial charge is 0.434 e. The summed E-state index contributed by atoms with van der Waals surface area (Å²) in [6.07, 6.45) is 0.853. The Morgan fingerprint density at radius 3 is 2.74 bits per heavy atom. The average Bonchev–Trinajstić information content (AvgIpc) is 3.36. The number of alkyl halides is 2. The van der Waals surface area contributed by atoms with Crippen LogP contribution in [0.2, 0.25) is 0 Å². The van der Waals surface area contributed by atoms with Gasteiger partial charge < -0.3 is 19.9 Å². The monoisotopic (exact) mass is 448 g/mol. The molecule has 0 atom stereocenters. The lowest BCUT2D eigenvalue weighted by Crippen LogP contribution is -2.38. The lowest BCUT2D eigenvalue weighted by atomic mass is 10.1. The van der Waals surface area contributed by atoms with Crippen molar-refractivity contribution in [3.05, 3.63) is 63.4 Å². The fourth-order valence-electron chi connectivity index (χ4n) is 2.91. The maximum absolute atomic E-state index is 12.8. The molecule has 0 saturated heterocycles. The van der Waals surface area contributed by atoms with E-state index in [1.165, 1.54) is 4.88 Å². The van der Waals surface area contributed by atoms with E-state index in [1.807, 2.05) is 36.9 Å². The predicted octanol–water partition coefficient (Wildman–Crippen LogP) is 3.57. The second-order valence-electron chi connectivity index (χ2n) is 6.99. The van der Waals surface area contributed by atoms with Gasteiger partial charge in [-0.3, -0.25) is 0 Å². The van der Waals surface area contributed by atoms with E-state index in [1.54, 1.807) is 29.5 Å². The molecule has 31 heavy (non-hydrogen) atoms. The number of nitrogens with zero attached hydrogens (tertiary/aromatic N) is 4. The first-order chi connectivity index (χ1) is 14.9. The van der Waals surface area contributed by atoms with Gasteiger partial charge in [-0.2, -0.15) is 8.78 Å². The van der Waals surface area contributed by atoms with E-state index in [2.05, 4.69) is 36.6 Å². The summed E-state index contributed by atoms with van der Waals surface area (Å²) in [5.41, 5.74) is 1.54. The maximum atomic E-state index is 12.8. The number of nitrogens with one attached hydrogen (secondary N) is 2. The van der Waals surface area contributed by atoms with Crippen LogP contribution in [0.15, 0.2) is 40.7 Å². The molecule has 2 N–H and O–H groups in total. The van der Waals surface area contributed by atoms with Crippen LogP contribution in [0, 0.1) is 13.8 Å². The highest BCUT2D eigenvalue weighted by Gasteiger charge is 2.11. The molecule has 0 aliphatic rings. The van der Waals surface area contributed by atoms with Crippen LogP contribution in [-0.2, 0) is 26.6 Å². The van der Waals surface area contributed by atoms with Crippen LogP contribution in [-0.4, -0.2) is 33.9 Å². The zero-order valence-electron chi connectivity index (χ0n) is 17.7. The molecule has 10 heteroatoms. The third-order valence-corrected chi connectivity index (χ3v) is 5.62. The Kier molecular flexibility index (Phi) is 7.94. The Hall–Kier alpha value is -3.01. The lowest BCUT2D eigenvalue weighted by molar-refractivity contribution is -0.0504. The van der Waals surface area contributed by atoms with Crippen LogP contribution in [0.5, 0.6) is 5.75 Å². The van der Waals surface area contributed by atoms with Gasteiger partial charge in [0.2, 0.25) is 0 Å². The van der Waals surface area contributed by atoms with Gasteiger partial charge in [0, 0.05) is 24.0 Å². The van der Waals surface area contributed by atoms with E-state index in [9.17, 15) is 8.78 Å². The highest BCUT2D eigenvalue weighted by atomic mass is 32.1. The van der Waals surface area contributed by atoms with Crippen molar-refractivity contribution in [2.45, 2.75) is 40.0 Å². The molecular formula is C21H26F2N6OS. The summed E-state index contributed by atoms with van der Waals surface area (Å²) in [4.78, 5) is 5.85. The van der Waals surface area contributed by atoms with Gasteiger partial charge in [0.15, 0.2) is 11.8 Å². The highest BCUT2D eigenvalue weighted by molar-refractivity contribution is 7.09. The number of aromatic nitrogens is 3. The van der Waals surface area contributed by atoms with Gasteiger partial charge in [0.1, 0.15) is 11.6 Å². The van der Waals surface area contributed by atoms with E-state index in [4.69, 9.17) is 0 Å². The summed E-state index contributed by atoms with van der Waals surface area (Å²) < 4.78 is 32.0. The minimum Gasteiger partial charge on any atom is -0.434 e. The highest BCUT2D eigenvalue weighted by Crippen LogP contribution is 2.23. The van der Waals surface area contributed by atoms with Crippen LogP contribution in [0.25, 0.3) is 0 Å². The molecule has 0 aliphatic heterocycles. The molecule has 0 unspecified atom stereocenters. The van der Waals surface area contributed by atoms with E-state index in [-0.39, 0.29) is 12.3 Å². The molecular weight excluding hydrogens is 422 g/mol. The minimum absolute atomic E-state index is 0.131. The van der Waals surface area contributed by atoms with Gasteiger partial charge in [-0.1, -0.05) is 23.8 Å². The zero-order valence-corrected chi connectivity index (χ0v) is 18.5. The van der Waals surface area contributed by atoms with E-state index >= 15 is 0 Å². The van der Waals surface area contributed by atoms with Gasteiger partial charge in [-0.25, -0.2) is 4.99 Å². The number of ether oxygens (including phenoxy) is 1. The number of benzene rings is 1. The van der Waals surface area contributed by atoms with E-state index < -0.39 is 6.61 Å². The number of hydrogen-bond acceptors (Lipinski definition) is 5. The maximum Gasteiger partial charge on any atom is 0.387 e. The van der Waals surface area contributed by atoms with Crippen molar-refractivity contribution in [3.63, 3.8) is 0 Å². The van der Waals surface area contributed by atoms with Gasteiger partial charge in [0.25, 0.3) is 0 Å². The lowest BCUT2D eigenvalue weighted by Gasteiger charge is -2.14. The molecule has 0 bridgehead atoms. The number of guanidine groups is 1. The molecule has 0 amide bonds. The topological polar surface area (TPSA) is 76.4 Å². The van der Waals surface area contributed by atoms with Crippen molar-refractivity contribution in [1.29, 1.82) is 0 Å². The Labute approximate surface area is 184 Å². The van der Waals surface area contributed by atoms with E-state index in [0.29, 0.717) is 24.6 Å². The van der Waals surface area contributed by atoms with Crippen LogP contribution in [0.4, 0.5) is 8.78 Å². The molecule has 1 aromatic carbocycles. The Morgan fingerprint density at radius 1 is 1.23 bits per heavy atom. The SMILES string of the molecule is Cc1ccc(OC(F)F)c(CN=C(NCCc2cccs2)NCc2nnc(C)n2C)c1. The number of halogens is 2. The molecule has 2 aromatic heterocycles. The Balaban J connectivity index is 1.71.